The van der Waals surface area contributed by atoms with Crippen LogP contribution in [0.3, 0.4) is 0 Å². The second-order valence-electron chi connectivity index (χ2n) is 2.48. The van der Waals surface area contributed by atoms with Crippen molar-refractivity contribution < 1.29 is 0 Å². The van der Waals surface area contributed by atoms with E-state index in [2.05, 4.69) is 26.2 Å². The fraction of sp³-hybridized carbons (Fsp3) is 0.125. The number of aromatic nitrogens is 2. The van der Waals surface area contributed by atoms with Crippen LogP contribution in [-0.2, 0) is 0 Å². The van der Waals surface area contributed by atoms with Crippen LogP contribution in [0.1, 0.15) is 0 Å². The van der Waals surface area contributed by atoms with Crippen LogP contribution in [0, 0.1) is 0 Å². The first kappa shape index (κ1) is 7.61. The van der Waals surface area contributed by atoms with Crippen molar-refractivity contribution in [1.82, 2.24) is 9.38 Å². The second kappa shape index (κ2) is 2.79. The Morgan fingerprint density at radius 3 is 3.17 bits per heavy atom. The highest BCUT2D eigenvalue weighted by Gasteiger charge is 2.00. The van der Waals surface area contributed by atoms with Crippen LogP contribution in [0.25, 0.3) is 5.52 Å². The third-order valence-corrected chi connectivity index (χ3v) is 2.23. The molecule has 0 saturated carbocycles. The number of imidazole rings is 1. The van der Waals surface area contributed by atoms with Crippen LogP contribution >= 0.6 is 15.9 Å². The number of anilines is 1. The molecule has 12 heavy (non-hydrogen) atoms. The molecule has 1 N–H and O–H groups in total. The zero-order valence-electron chi connectivity index (χ0n) is 6.58. The Balaban J connectivity index is 2.75. The predicted molar refractivity (Wildman–Crippen MR) is 52.4 cm³/mol. The normalized spacial score (nSPS) is 10.5. The van der Waals surface area contributed by atoms with Gasteiger partial charge in [-0.15, -0.1) is 0 Å². The van der Waals surface area contributed by atoms with Crippen LogP contribution in [0.4, 0.5) is 5.82 Å². The largest absolute Gasteiger partial charge is 0.371 e. The molecule has 0 saturated heterocycles. The number of pyridine rings is 1. The minimum absolute atomic E-state index is 0.899. The molecule has 0 spiro atoms. The molecule has 0 aromatic carbocycles. The van der Waals surface area contributed by atoms with Gasteiger partial charge in [0.15, 0.2) is 5.82 Å². The minimum atomic E-state index is 0.899. The lowest BCUT2D eigenvalue weighted by atomic mass is 10.4. The first-order valence-corrected chi connectivity index (χ1v) is 4.40. The summed E-state index contributed by atoms with van der Waals surface area (Å²) in [5, 5.41) is 3.02. The van der Waals surface area contributed by atoms with Crippen molar-refractivity contribution in [2.75, 3.05) is 12.4 Å². The van der Waals surface area contributed by atoms with Crippen molar-refractivity contribution in [3.8, 4) is 0 Å². The molecule has 0 bridgehead atoms. The van der Waals surface area contributed by atoms with Crippen molar-refractivity contribution >= 4 is 27.3 Å². The number of fused-ring (bicyclic) bond motifs is 1. The molecule has 0 aliphatic rings. The summed E-state index contributed by atoms with van der Waals surface area (Å²) in [6, 6.07) is 4.01. The van der Waals surface area contributed by atoms with Crippen molar-refractivity contribution in [2.45, 2.75) is 0 Å². The Kier molecular flexibility index (Phi) is 1.77. The smallest absolute Gasteiger partial charge is 0.151 e. The molecular formula is C8H8BrN3. The molecule has 0 aliphatic heterocycles. The summed E-state index contributed by atoms with van der Waals surface area (Å²) >= 11 is 3.41. The van der Waals surface area contributed by atoms with Crippen molar-refractivity contribution in [2.24, 2.45) is 0 Å². The third-order valence-electron chi connectivity index (χ3n) is 1.74. The summed E-state index contributed by atoms with van der Waals surface area (Å²) in [6.45, 7) is 0. The van der Waals surface area contributed by atoms with E-state index in [4.69, 9.17) is 0 Å². The van der Waals surface area contributed by atoms with Crippen molar-refractivity contribution in [3.63, 3.8) is 0 Å². The highest BCUT2D eigenvalue weighted by atomic mass is 79.9. The molecule has 0 unspecified atom stereocenters. The first-order valence-electron chi connectivity index (χ1n) is 3.61. The fourth-order valence-corrected chi connectivity index (χ4v) is 1.49. The Labute approximate surface area is 78.6 Å². The standard InChI is InChI=1S/C8H8BrN3/c1-10-8-7-4-6(9)2-3-12(7)5-11-8/h2-5,10H,1H3. The van der Waals surface area contributed by atoms with Gasteiger partial charge in [0.2, 0.25) is 0 Å². The minimum Gasteiger partial charge on any atom is -0.371 e. The van der Waals surface area contributed by atoms with Crippen LogP contribution in [-0.4, -0.2) is 16.4 Å². The van der Waals surface area contributed by atoms with E-state index in [0.717, 1.165) is 15.8 Å². The maximum Gasteiger partial charge on any atom is 0.151 e. The number of halogens is 1. The number of hydrogen-bond donors (Lipinski definition) is 1. The fourth-order valence-electron chi connectivity index (χ4n) is 1.16. The molecule has 4 heteroatoms. The van der Waals surface area contributed by atoms with E-state index in [1.54, 1.807) is 6.33 Å². The lowest BCUT2D eigenvalue weighted by Gasteiger charge is -1.96. The topological polar surface area (TPSA) is 29.3 Å². The molecule has 0 atom stereocenters. The molecule has 3 nitrogen and oxygen atoms in total. The Bertz CT molecular complexity index is 408. The summed E-state index contributed by atoms with van der Waals surface area (Å²) < 4.78 is 3.03. The Hall–Kier alpha value is -1.03. The van der Waals surface area contributed by atoms with Crippen LogP contribution in [0.5, 0.6) is 0 Å². The predicted octanol–water partition coefficient (Wildman–Crippen LogP) is 2.14. The third kappa shape index (κ3) is 1.08. The summed E-state index contributed by atoms with van der Waals surface area (Å²) in [4.78, 5) is 4.19. The number of nitrogens with one attached hydrogen (secondary N) is 1. The maximum atomic E-state index is 4.19. The van der Waals surface area contributed by atoms with E-state index >= 15 is 0 Å². The molecule has 0 fully saturated rings. The van der Waals surface area contributed by atoms with Crippen LogP contribution in [0.15, 0.2) is 29.1 Å². The Morgan fingerprint density at radius 1 is 1.58 bits per heavy atom. The van der Waals surface area contributed by atoms with Gasteiger partial charge in [0, 0.05) is 17.7 Å². The van der Waals surface area contributed by atoms with E-state index in [9.17, 15) is 0 Å². The zero-order chi connectivity index (χ0) is 8.55. The van der Waals surface area contributed by atoms with Crippen LogP contribution < -0.4 is 5.32 Å². The SMILES string of the molecule is CNc1ncn2ccc(Br)cc12. The average Bonchev–Trinajstić information content (AvgIpc) is 2.46. The van der Waals surface area contributed by atoms with E-state index in [1.807, 2.05) is 29.8 Å². The Morgan fingerprint density at radius 2 is 2.42 bits per heavy atom. The van der Waals surface area contributed by atoms with E-state index in [-0.39, 0.29) is 0 Å². The summed E-state index contributed by atoms with van der Waals surface area (Å²) in [5.74, 6) is 0.899. The average molecular weight is 226 g/mol. The van der Waals surface area contributed by atoms with Gasteiger partial charge in [-0.3, -0.25) is 0 Å². The molecule has 2 rings (SSSR count). The number of hydrogen-bond acceptors (Lipinski definition) is 2. The lowest BCUT2D eigenvalue weighted by Crippen LogP contribution is -1.88. The maximum absolute atomic E-state index is 4.19. The summed E-state index contributed by atoms with van der Waals surface area (Å²) in [7, 11) is 1.86. The highest BCUT2D eigenvalue weighted by molar-refractivity contribution is 9.10. The zero-order valence-corrected chi connectivity index (χ0v) is 8.17. The van der Waals surface area contributed by atoms with Crippen molar-refractivity contribution in [3.05, 3.63) is 29.1 Å². The quantitative estimate of drug-likeness (QED) is 0.807. The highest BCUT2D eigenvalue weighted by Crippen LogP contribution is 2.18. The lowest BCUT2D eigenvalue weighted by molar-refractivity contribution is 1.15. The number of nitrogens with zero attached hydrogens (tertiary/aromatic N) is 2. The molecule has 2 heterocycles. The number of rotatable bonds is 1. The molecular weight excluding hydrogens is 218 g/mol. The summed E-state index contributed by atoms with van der Waals surface area (Å²) in [6.07, 6.45) is 3.75. The molecule has 2 aromatic heterocycles. The van der Waals surface area contributed by atoms with Gasteiger partial charge in [-0.25, -0.2) is 4.98 Å². The summed E-state index contributed by atoms with van der Waals surface area (Å²) in [5.41, 5.74) is 1.08. The molecule has 62 valence electrons. The van der Waals surface area contributed by atoms with Gasteiger partial charge in [-0.1, -0.05) is 15.9 Å². The molecule has 0 radical (unpaired) electrons. The monoisotopic (exact) mass is 225 g/mol. The van der Waals surface area contributed by atoms with Crippen LogP contribution in [0.2, 0.25) is 0 Å². The van der Waals surface area contributed by atoms with E-state index in [1.165, 1.54) is 0 Å². The molecule has 0 amide bonds. The molecule has 0 aliphatic carbocycles. The van der Waals surface area contributed by atoms with Gasteiger partial charge < -0.3 is 9.72 Å². The molecule has 2 aromatic rings. The van der Waals surface area contributed by atoms with Gasteiger partial charge in [0.25, 0.3) is 0 Å². The second-order valence-corrected chi connectivity index (χ2v) is 3.40. The van der Waals surface area contributed by atoms with Gasteiger partial charge in [0.05, 0.1) is 5.52 Å². The van der Waals surface area contributed by atoms with Gasteiger partial charge in [0.1, 0.15) is 6.33 Å². The van der Waals surface area contributed by atoms with E-state index < -0.39 is 0 Å². The van der Waals surface area contributed by atoms with Gasteiger partial charge >= 0.3 is 0 Å². The van der Waals surface area contributed by atoms with Gasteiger partial charge in [-0.2, -0.15) is 0 Å². The van der Waals surface area contributed by atoms with Gasteiger partial charge in [-0.05, 0) is 12.1 Å². The van der Waals surface area contributed by atoms with Crippen molar-refractivity contribution in [1.29, 1.82) is 0 Å². The first-order chi connectivity index (χ1) is 5.81. The van der Waals surface area contributed by atoms with E-state index in [0.29, 0.717) is 0 Å².